The third kappa shape index (κ3) is 3.18. The summed E-state index contributed by atoms with van der Waals surface area (Å²) in [6, 6.07) is 3.52. The fourth-order valence-electron chi connectivity index (χ4n) is 2.23. The van der Waals surface area contributed by atoms with E-state index in [0.29, 0.717) is 23.4 Å². The number of nitrogen functional groups attached to an aromatic ring is 1. The number of nitrogens with zero attached hydrogens (tertiary/aromatic N) is 2. The number of hydrogen-bond donors (Lipinski definition) is 2. The average Bonchev–Trinajstić information content (AvgIpc) is 2.82. The highest BCUT2D eigenvalue weighted by Crippen LogP contribution is 2.26. The molecule has 0 bridgehead atoms. The van der Waals surface area contributed by atoms with E-state index in [1.165, 1.54) is 10.9 Å². The SMILES string of the molecule is CCc1cc(N)c(CC)c(S(=O)(=O)Nc2cnn(C)c2)c1. The van der Waals surface area contributed by atoms with Crippen LogP contribution in [-0.2, 0) is 29.9 Å². The third-order valence-electron chi connectivity index (χ3n) is 3.31. The number of nitrogens with one attached hydrogen (secondary N) is 1. The minimum absolute atomic E-state index is 0.241. The van der Waals surface area contributed by atoms with Gasteiger partial charge in [-0.25, -0.2) is 8.42 Å². The maximum Gasteiger partial charge on any atom is 0.262 e. The minimum Gasteiger partial charge on any atom is -0.398 e. The Morgan fingerprint density at radius 2 is 2.00 bits per heavy atom. The van der Waals surface area contributed by atoms with Gasteiger partial charge in [0, 0.05) is 18.9 Å². The Bertz CT molecular complexity index is 750. The predicted molar refractivity (Wildman–Crippen MR) is 83.6 cm³/mol. The van der Waals surface area contributed by atoms with Gasteiger partial charge in [-0.2, -0.15) is 5.10 Å². The van der Waals surface area contributed by atoms with E-state index >= 15 is 0 Å². The van der Waals surface area contributed by atoms with Gasteiger partial charge in [0.05, 0.1) is 16.8 Å². The highest BCUT2D eigenvalue weighted by molar-refractivity contribution is 7.92. The molecule has 7 heteroatoms. The molecule has 0 saturated carbocycles. The van der Waals surface area contributed by atoms with Crippen LogP contribution in [0.25, 0.3) is 0 Å². The van der Waals surface area contributed by atoms with Crippen LogP contribution < -0.4 is 10.5 Å². The Kier molecular flexibility index (Phi) is 4.22. The number of rotatable bonds is 5. The summed E-state index contributed by atoms with van der Waals surface area (Å²) in [6.07, 6.45) is 4.36. The smallest absolute Gasteiger partial charge is 0.262 e. The molecule has 0 unspecified atom stereocenters. The van der Waals surface area contributed by atoms with Crippen molar-refractivity contribution in [3.05, 3.63) is 35.7 Å². The first-order valence-electron chi connectivity index (χ1n) is 6.80. The van der Waals surface area contributed by atoms with Gasteiger partial charge in [0.1, 0.15) is 0 Å². The van der Waals surface area contributed by atoms with Crippen LogP contribution in [0.2, 0.25) is 0 Å². The molecule has 1 heterocycles. The van der Waals surface area contributed by atoms with Crippen molar-refractivity contribution in [2.75, 3.05) is 10.5 Å². The van der Waals surface area contributed by atoms with Gasteiger partial charge in [-0.05, 0) is 36.1 Å². The largest absolute Gasteiger partial charge is 0.398 e. The lowest BCUT2D eigenvalue weighted by atomic mass is 10.1. The van der Waals surface area contributed by atoms with E-state index in [2.05, 4.69) is 9.82 Å². The van der Waals surface area contributed by atoms with Crippen LogP contribution in [0.5, 0.6) is 0 Å². The zero-order chi connectivity index (χ0) is 15.6. The topological polar surface area (TPSA) is 90.0 Å². The van der Waals surface area contributed by atoms with E-state index in [1.807, 2.05) is 19.9 Å². The van der Waals surface area contributed by atoms with Gasteiger partial charge >= 0.3 is 0 Å². The molecule has 114 valence electrons. The molecule has 0 aliphatic rings. The number of hydrogen-bond acceptors (Lipinski definition) is 4. The highest BCUT2D eigenvalue weighted by atomic mass is 32.2. The number of aromatic nitrogens is 2. The molecule has 0 aliphatic heterocycles. The first-order chi connectivity index (χ1) is 9.87. The lowest BCUT2D eigenvalue weighted by Crippen LogP contribution is -2.16. The summed E-state index contributed by atoms with van der Waals surface area (Å²) < 4.78 is 29.3. The summed E-state index contributed by atoms with van der Waals surface area (Å²) in [7, 11) is -1.95. The molecule has 0 saturated heterocycles. The second kappa shape index (κ2) is 5.77. The van der Waals surface area contributed by atoms with Crippen molar-refractivity contribution >= 4 is 21.4 Å². The zero-order valence-electron chi connectivity index (χ0n) is 12.4. The summed E-state index contributed by atoms with van der Waals surface area (Å²) in [5, 5.41) is 3.95. The van der Waals surface area contributed by atoms with Crippen molar-refractivity contribution in [3.8, 4) is 0 Å². The van der Waals surface area contributed by atoms with Gasteiger partial charge < -0.3 is 5.73 Å². The van der Waals surface area contributed by atoms with Crippen molar-refractivity contribution in [2.24, 2.45) is 7.05 Å². The van der Waals surface area contributed by atoms with Crippen LogP contribution in [0.15, 0.2) is 29.4 Å². The van der Waals surface area contributed by atoms with Crippen molar-refractivity contribution in [1.82, 2.24) is 9.78 Å². The van der Waals surface area contributed by atoms with Crippen molar-refractivity contribution in [3.63, 3.8) is 0 Å². The molecule has 1 aromatic heterocycles. The number of anilines is 2. The highest BCUT2D eigenvalue weighted by Gasteiger charge is 2.21. The maximum atomic E-state index is 12.6. The van der Waals surface area contributed by atoms with Crippen molar-refractivity contribution in [2.45, 2.75) is 31.6 Å². The molecular weight excluding hydrogens is 288 g/mol. The number of nitrogens with two attached hydrogens (primary N) is 1. The molecule has 3 N–H and O–H groups in total. The second-order valence-corrected chi connectivity index (χ2v) is 6.53. The van der Waals surface area contributed by atoms with Gasteiger partial charge in [-0.3, -0.25) is 9.40 Å². The van der Waals surface area contributed by atoms with Gasteiger partial charge in [0.25, 0.3) is 10.0 Å². The minimum atomic E-state index is -3.68. The number of sulfonamides is 1. The van der Waals surface area contributed by atoms with E-state index in [-0.39, 0.29) is 4.90 Å². The Labute approximate surface area is 125 Å². The first-order valence-corrected chi connectivity index (χ1v) is 8.28. The van der Waals surface area contributed by atoms with E-state index in [4.69, 9.17) is 5.73 Å². The van der Waals surface area contributed by atoms with Crippen LogP contribution in [0.4, 0.5) is 11.4 Å². The molecule has 2 aromatic rings. The molecule has 1 aromatic carbocycles. The Balaban J connectivity index is 2.50. The second-order valence-electron chi connectivity index (χ2n) is 4.88. The predicted octanol–water partition coefficient (Wildman–Crippen LogP) is 1.93. The number of aryl methyl sites for hydroxylation is 2. The van der Waals surface area contributed by atoms with Gasteiger partial charge in [-0.1, -0.05) is 13.8 Å². The molecular formula is C14H20N4O2S. The van der Waals surface area contributed by atoms with Crippen molar-refractivity contribution in [1.29, 1.82) is 0 Å². The fraction of sp³-hybridized carbons (Fsp3) is 0.357. The molecule has 6 nitrogen and oxygen atoms in total. The van der Waals surface area contributed by atoms with Crippen LogP contribution in [0.3, 0.4) is 0 Å². The molecule has 21 heavy (non-hydrogen) atoms. The maximum absolute atomic E-state index is 12.6. The summed E-state index contributed by atoms with van der Waals surface area (Å²) in [5.41, 5.74) is 8.48. The molecule has 0 amide bonds. The Hall–Kier alpha value is -2.02. The van der Waals surface area contributed by atoms with Crippen molar-refractivity contribution < 1.29 is 8.42 Å². The monoisotopic (exact) mass is 308 g/mol. The van der Waals surface area contributed by atoms with Gasteiger partial charge in [-0.15, -0.1) is 0 Å². The molecule has 0 fully saturated rings. The average molecular weight is 308 g/mol. The van der Waals surface area contributed by atoms with E-state index < -0.39 is 10.0 Å². The van der Waals surface area contributed by atoms with Crippen LogP contribution in [0, 0.1) is 0 Å². The summed E-state index contributed by atoms with van der Waals surface area (Å²) in [5.74, 6) is 0. The first kappa shape index (κ1) is 15.4. The fourth-order valence-corrected chi connectivity index (χ4v) is 3.65. The lowest BCUT2D eigenvalue weighted by molar-refractivity contribution is 0.600. The van der Waals surface area contributed by atoms with Crippen LogP contribution >= 0.6 is 0 Å². The molecule has 0 atom stereocenters. The van der Waals surface area contributed by atoms with E-state index in [1.54, 1.807) is 19.3 Å². The Morgan fingerprint density at radius 3 is 2.52 bits per heavy atom. The summed E-state index contributed by atoms with van der Waals surface area (Å²) in [4.78, 5) is 0.241. The summed E-state index contributed by atoms with van der Waals surface area (Å²) in [6.45, 7) is 3.85. The molecule has 0 radical (unpaired) electrons. The van der Waals surface area contributed by atoms with Gasteiger partial charge in [0.2, 0.25) is 0 Å². The molecule has 2 rings (SSSR count). The normalized spacial score (nSPS) is 11.6. The zero-order valence-corrected chi connectivity index (χ0v) is 13.2. The van der Waals surface area contributed by atoms with Gasteiger partial charge in [0.15, 0.2) is 0 Å². The molecule has 0 aliphatic carbocycles. The van der Waals surface area contributed by atoms with Crippen LogP contribution in [0.1, 0.15) is 25.0 Å². The third-order valence-corrected chi connectivity index (χ3v) is 4.76. The summed E-state index contributed by atoms with van der Waals surface area (Å²) >= 11 is 0. The lowest BCUT2D eigenvalue weighted by Gasteiger charge is -2.14. The van der Waals surface area contributed by atoms with E-state index in [9.17, 15) is 8.42 Å². The number of benzene rings is 1. The standard InChI is InChI=1S/C14H20N4O2S/c1-4-10-6-13(15)12(5-2)14(7-10)21(19,20)17-11-8-16-18(3)9-11/h6-9,17H,4-5,15H2,1-3H3. The molecule has 0 spiro atoms. The van der Waals surface area contributed by atoms with E-state index in [0.717, 1.165) is 12.0 Å². The Morgan fingerprint density at radius 1 is 1.29 bits per heavy atom. The quantitative estimate of drug-likeness (QED) is 0.826. The van der Waals surface area contributed by atoms with Crippen LogP contribution in [-0.4, -0.2) is 18.2 Å².